The second kappa shape index (κ2) is 9.94. The van der Waals surface area contributed by atoms with Crippen LogP contribution in [0.2, 0.25) is 0 Å². The van der Waals surface area contributed by atoms with Crippen LogP contribution < -0.4 is 0 Å². The van der Waals surface area contributed by atoms with Crippen LogP contribution in [-0.4, -0.2) is 71.4 Å². The number of morpholine rings is 1. The number of aryl methyl sites for hydroxylation is 1. The number of nitrogens with zero attached hydrogens (tertiary/aromatic N) is 4. The van der Waals surface area contributed by atoms with Crippen molar-refractivity contribution in [2.75, 3.05) is 25.2 Å². The summed E-state index contributed by atoms with van der Waals surface area (Å²) in [6, 6.07) is 5.50. The molecule has 0 unspecified atom stereocenters. The van der Waals surface area contributed by atoms with Gasteiger partial charge < -0.3 is 4.74 Å². The molecule has 11 heteroatoms. The van der Waals surface area contributed by atoms with E-state index in [0.29, 0.717) is 25.5 Å². The molecule has 2 aromatic rings. The van der Waals surface area contributed by atoms with Gasteiger partial charge in [0.05, 0.1) is 24.0 Å². The van der Waals surface area contributed by atoms with Crippen molar-refractivity contribution in [2.45, 2.75) is 62.4 Å². The fourth-order valence-electron chi connectivity index (χ4n) is 5.15. The third kappa shape index (κ3) is 6.37. The van der Waals surface area contributed by atoms with Gasteiger partial charge in [0.15, 0.2) is 5.82 Å². The second-order valence-corrected chi connectivity index (χ2v) is 11.8. The lowest BCUT2D eigenvalue weighted by atomic mass is 9.83. The highest BCUT2D eigenvalue weighted by atomic mass is 32.2. The van der Waals surface area contributed by atoms with Crippen LogP contribution >= 0.6 is 0 Å². The molecule has 4 rings (SSSR count). The van der Waals surface area contributed by atoms with E-state index in [1.807, 2.05) is 7.05 Å². The Bertz CT molecular complexity index is 1060. The number of benzene rings is 1. The molecule has 2 atom stereocenters. The Morgan fingerprint density at radius 1 is 1.12 bits per heavy atom. The highest BCUT2D eigenvalue weighted by Gasteiger charge is 2.37. The number of ether oxygens (including phenoxy) is 1. The third-order valence-corrected chi connectivity index (χ3v) is 7.77. The van der Waals surface area contributed by atoms with Gasteiger partial charge in [0.1, 0.15) is 16.2 Å². The molecule has 34 heavy (non-hydrogen) atoms. The normalized spacial score (nSPS) is 27.1. The van der Waals surface area contributed by atoms with Crippen LogP contribution in [0.15, 0.2) is 30.6 Å². The average Bonchev–Trinajstić information content (AvgIpc) is 3.20. The molecule has 2 aliphatic rings. The number of halogens is 3. The first kappa shape index (κ1) is 25.1. The Hall–Kier alpha value is -1.98. The Balaban J connectivity index is 1.46. The minimum absolute atomic E-state index is 0.0259. The van der Waals surface area contributed by atoms with Crippen molar-refractivity contribution in [3.63, 3.8) is 0 Å². The minimum Gasteiger partial charge on any atom is -0.374 e. The van der Waals surface area contributed by atoms with Crippen molar-refractivity contribution in [1.29, 1.82) is 0 Å². The number of aromatic nitrogens is 3. The first-order valence-electron chi connectivity index (χ1n) is 11.5. The van der Waals surface area contributed by atoms with E-state index in [1.165, 1.54) is 18.4 Å². The van der Waals surface area contributed by atoms with Crippen molar-refractivity contribution in [1.82, 2.24) is 19.7 Å². The van der Waals surface area contributed by atoms with E-state index < -0.39 is 27.7 Å². The van der Waals surface area contributed by atoms with Crippen molar-refractivity contribution >= 4 is 9.84 Å². The van der Waals surface area contributed by atoms with E-state index in [1.54, 1.807) is 11.0 Å². The fourth-order valence-corrected chi connectivity index (χ4v) is 6.03. The first-order chi connectivity index (χ1) is 16.0. The summed E-state index contributed by atoms with van der Waals surface area (Å²) in [5.41, 5.74) is 0.141. The molecule has 2 heterocycles. The summed E-state index contributed by atoms with van der Waals surface area (Å²) in [6.45, 7) is 0.846. The van der Waals surface area contributed by atoms with Gasteiger partial charge in [-0.3, -0.25) is 9.58 Å². The Morgan fingerprint density at radius 2 is 1.79 bits per heavy atom. The van der Waals surface area contributed by atoms with Gasteiger partial charge in [-0.05, 0) is 49.8 Å². The number of hydrogen-bond acceptors (Lipinski definition) is 6. The molecule has 1 saturated heterocycles. The first-order valence-corrected chi connectivity index (χ1v) is 13.6. The maximum atomic E-state index is 12.9. The summed E-state index contributed by atoms with van der Waals surface area (Å²) >= 11 is 0. The lowest BCUT2D eigenvalue weighted by Gasteiger charge is -2.46. The second-order valence-electron chi connectivity index (χ2n) is 9.58. The van der Waals surface area contributed by atoms with Crippen LogP contribution in [-0.2, 0) is 34.2 Å². The highest BCUT2D eigenvalue weighted by molar-refractivity contribution is 7.90. The monoisotopic (exact) mass is 500 g/mol. The van der Waals surface area contributed by atoms with Crippen LogP contribution in [0.25, 0.3) is 0 Å². The van der Waals surface area contributed by atoms with Crippen LogP contribution in [0.3, 0.4) is 0 Å². The number of hydrogen-bond donors (Lipinski definition) is 0. The van der Waals surface area contributed by atoms with Crippen LogP contribution in [0.4, 0.5) is 13.2 Å². The molecule has 0 amide bonds. The largest absolute Gasteiger partial charge is 0.416 e. The molecule has 188 valence electrons. The van der Waals surface area contributed by atoms with Crippen molar-refractivity contribution in [3.8, 4) is 0 Å². The lowest BCUT2D eigenvalue weighted by molar-refractivity contribution is -0.137. The standard InChI is InChI=1S/C23H31F3N4O3S/c1-29-15-27-22(28-29)17-5-9-19(10-6-17)30-12-21(14-34(2,31)32)33-13-20(30)11-16-3-7-18(8-4-16)23(24,25)26/h3-4,7-8,15,17,19-21H,5-6,9-14H2,1-2H3/t17?,19?,20-,21+/m0/s1. The predicted molar refractivity (Wildman–Crippen MR) is 121 cm³/mol. The van der Waals surface area contributed by atoms with Gasteiger partial charge in [-0.25, -0.2) is 13.4 Å². The Kier molecular flexibility index (Phi) is 7.35. The van der Waals surface area contributed by atoms with E-state index in [-0.39, 0.29) is 17.8 Å². The molecular weight excluding hydrogens is 469 g/mol. The average molecular weight is 501 g/mol. The van der Waals surface area contributed by atoms with Crippen molar-refractivity contribution in [3.05, 3.63) is 47.5 Å². The molecule has 1 aliphatic heterocycles. The quantitative estimate of drug-likeness (QED) is 0.606. The fraction of sp³-hybridized carbons (Fsp3) is 0.652. The molecule has 1 aromatic heterocycles. The smallest absolute Gasteiger partial charge is 0.374 e. The summed E-state index contributed by atoms with van der Waals surface area (Å²) in [4.78, 5) is 6.73. The molecule has 0 N–H and O–H groups in total. The van der Waals surface area contributed by atoms with Gasteiger partial charge in [0.25, 0.3) is 0 Å². The van der Waals surface area contributed by atoms with Gasteiger partial charge in [-0.1, -0.05) is 12.1 Å². The Morgan fingerprint density at radius 3 is 2.35 bits per heavy atom. The Labute approximate surface area is 198 Å². The molecule has 1 aromatic carbocycles. The van der Waals surface area contributed by atoms with E-state index in [9.17, 15) is 21.6 Å². The summed E-state index contributed by atoms with van der Waals surface area (Å²) in [7, 11) is -1.34. The maximum Gasteiger partial charge on any atom is 0.416 e. The molecule has 2 fully saturated rings. The van der Waals surface area contributed by atoms with Gasteiger partial charge >= 0.3 is 6.18 Å². The molecule has 0 bridgehead atoms. The summed E-state index contributed by atoms with van der Waals surface area (Å²) in [5.74, 6) is 1.13. The minimum atomic E-state index is -4.36. The van der Waals surface area contributed by atoms with Crippen LogP contribution in [0.1, 0.15) is 48.6 Å². The SMILES string of the molecule is Cn1cnc(C2CCC(N3C[C@H](CS(C)(=O)=O)OC[C@@H]3Cc3ccc(C(F)(F)F)cc3)CC2)n1. The molecule has 7 nitrogen and oxygen atoms in total. The maximum absolute atomic E-state index is 12.9. The van der Waals surface area contributed by atoms with E-state index in [2.05, 4.69) is 15.0 Å². The van der Waals surface area contributed by atoms with Gasteiger partial charge in [-0.15, -0.1) is 0 Å². The lowest BCUT2D eigenvalue weighted by Crippen LogP contribution is -2.56. The van der Waals surface area contributed by atoms with Gasteiger partial charge in [-0.2, -0.15) is 18.3 Å². The molecule has 1 aliphatic carbocycles. The zero-order valence-corrected chi connectivity index (χ0v) is 20.2. The van der Waals surface area contributed by atoms with E-state index >= 15 is 0 Å². The molecule has 0 radical (unpaired) electrons. The highest BCUT2D eigenvalue weighted by Crippen LogP contribution is 2.35. The topological polar surface area (TPSA) is 77.3 Å². The number of sulfone groups is 1. The van der Waals surface area contributed by atoms with Gasteiger partial charge in [0, 0.05) is 37.8 Å². The van der Waals surface area contributed by atoms with E-state index in [0.717, 1.165) is 49.2 Å². The van der Waals surface area contributed by atoms with Crippen LogP contribution in [0, 0.1) is 0 Å². The zero-order valence-electron chi connectivity index (χ0n) is 19.4. The summed E-state index contributed by atoms with van der Waals surface area (Å²) < 4.78 is 70.1. The predicted octanol–water partition coefficient (Wildman–Crippen LogP) is 3.22. The summed E-state index contributed by atoms with van der Waals surface area (Å²) in [6.07, 6.45) is 2.43. The molecule has 0 spiro atoms. The molecular formula is C23H31F3N4O3S. The number of alkyl halides is 3. The van der Waals surface area contributed by atoms with Gasteiger partial charge in [0.2, 0.25) is 0 Å². The van der Waals surface area contributed by atoms with Crippen molar-refractivity contribution in [2.24, 2.45) is 7.05 Å². The number of rotatable bonds is 6. The van der Waals surface area contributed by atoms with Crippen LogP contribution in [0.5, 0.6) is 0 Å². The zero-order chi connectivity index (χ0) is 24.5. The third-order valence-electron chi connectivity index (χ3n) is 6.80. The molecule has 1 saturated carbocycles. The van der Waals surface area contributed by atoms with Crippen molar-refractivity contribution < 1.29 is 26.3 Å². The summed E-state index contributed by atoms with van der Waals surface area (Å²) in [5, 5.41) is 4.44. The van der Waals surface area contributed by atoms with E-state index in [4.69, 9.17) is 4.74 Å².